The van der Waals surface area contributed by atoms with Crippen LogP contribution < -0.4 is 16.6 Å². The van der Waals surface area contributed by atoms with Crippen LogP contribution in [-0.2, 0) is 18.8 Å². The third-order valence-electron chi connectivity index (χ3n) is 3.62. The Morgan fingerprint density at radius 3 is 2.80 bits per heavy atom. The third-order valence-corrected chi connectivity index (χ3v) is 3.62. The van der Waals surface area contributed by atoms with E-state index in [0.717, 1.165) is 30.6 Å². The lowest BCUT2D eigenvalue weighted by Crippen LogP contribution is -2.41. The van der Waals surface area contributed by atoms with E-state index in [1.165, 1.54) is 24.7 Å². The summed E-state index contributed by atoms with van der Waals surface area (Å²) in [5.74, 6) is 0.0731. The molecular weight excluding hydrogens is 262 g/mol. The first-order valence-corrected chi connectivity index (χ1v) is 6.63. The van der Waals surface area contributed by atoms with E-state index in [9.17, 15) is 14.4 Å². The highest BCUT2D eigenvalue weighted by atomic mass is 16.5. The molecule has 20 heavy (non-hydrogen) atoms. The fourth-order valence-corrected chi connectivity index (χ4v) is 2.24. The topological polar surface area (TPSA) is 82.3 Å². The minimum absolute atomic E-state index is 0.0840. The molecule has 0 aliphatic carbocycles. The first-order chi connectivity index (χ1) is 9.50. The monoisotopic (exact) mass is 281 g/mol. The van der Waals surface area contributed by atoms with Crippen LogP contribution in [0.2, 0.25) is 0 Å². The molecular formula is C13H19N3O4. The normalized spacial score (nSPS) is 18.2. The summed E-state index contributed by atoms with van der Waals surface area (Å²) in [7, 11) is 2.86. The van der Waals surface area contributed by atoms with Gasteiger partial charge in [0.15, 0.2) is 0 Å². The SMILES string of the molecule is Cn1c(C(=O)NCC[C@@H]2CCOC2)cc(=O)n(C)c1=O. The van der Waals surface area contributed by atoms with Crippen LogP contribution >= 0.6 is 0 Å². The van der Waals surface area contributed by atoms with Crippen LogP contribution in [0.4, 0.5) is 0 Å². The lowest BCUT2D eigenvalue weighted by molar-refractivity contribution is 0.0940. The molecule has 1 atom stereocenters. The molecule has 0 bridgehead atoms. The number of aromatic nitrogens is 2. The lowest BCUT2D eigenvalue weighted by atomic mass is 10.1. The molecule has 2 rings (SSSR count). The minimum atomic E-state index is -0.508. The van der Waals surface area contributed by atoms with Crippen LogP contribution in [-0.4, -0.2) is 34.8 Å². The van der Waals surface area contributed by atoms with Gasteiger partial charge in [-0.2, -0.15) is 0 Å². The summed E-state index contributed by atoms with van der Waals surface area (Å²) >= 11 is 0. The van der Waals surface area contributed by atoms with Crippen molar-refractivity contribution in [3.8, 4) is 0 Å². The quantitative estimate of drug-likeness (QED) is 0.786. The van der Waals surface area contributed by atoms with Gasteiger partial charge in [0.2, 0.25) is 0 Å². The smallest absolute Gasteiger partial charge is 0.331 e. The molecule has 7 nitrogen and oxygen atoms in total. The van der Waals surface area contributed by atoms with Gasteiger partial charge in [-0.3, -0.25) is 18.7 Å². The number of carbonyl (C=O) groups excluding carboxylic acids is 1. The molecule has 1 fully saturated rings. The van der Waals surface area contributed by atoms with Gasteiger partial charge in [-0.05, 0) is 18.8 Å². The Labute approximate surface area is 116 Å². The zero-order valence-electron chi connectivity index (χ0n) is 11.7. The Morgan fingerprint density at radius 2 is 2.15 bits per heavy atom. The van der Waals surface area contributed by atoms with Crippen molar-refractivity contribution in [3.05, 3.63) is 32.6 Å². The van der Waals surface area contributed by atoms with Crippen molar-refractivity contribution < 1.29 is 9.53 Å². The highest BCUT2D eigenvalue weighted by molar-refractivity contribution is 5.92. The summed E-state index contributed by atoms with van der Waals surface area (Å²) < 4.78 is 7.40. The average molecular weight is 281 g/mol. The molecule has 0 aromatic carbocycles. The van der Waals surface area contributed by atoms with Gasteiger partial charge in [0.05, 0.1) is 0 Å². The molecule has 1 aliphatic heterocycles. The third kappa shape index (κ3) is 2.98. The molecule has 2 heterocycles. The zero-order chi connectivity index (χ0) is 14.7. The number of nitrogens with zero attached hydrogens (tertiary/aromatic N) is 2. The van der Waals surface area contributed by atoms with Gasteiger partial charge < -0.3 is 10.1 Å². The highest BCUT2D eigenvalue weighted by Crippen LogP contribution is 2.15. The number of rotatable bonds is 4. The molecule has 0 unspecified atom stereocenters. The Bertz CT molecular complexity index is 611. The van der Waals surface area contributed by atoms with Crippen molar-refractivity contribution in [2.24, 2.45) is 20.0 Å². The molecule has 0 saturated carbocycles. The summed E-state index contributed by atoms with van der Waals surface area (Å²) in [6.45, 7) is 2.03. The second-order valence-corrected chi connectivity index (χ2v) is 5.04. The Balaban J connectivity index is 2.02. The molecule has 1 N–H and O–H groups in total. The predicted octanol–water partition coefficient (Wildman–Crippen LogP) is -0.760. The summed E-state index contributed by atoms with van der Waals surface area (Å²) in [5.41, 5.74) is -0.907. The van der Waals surface area contributed by atoms with Gasteiger partial charge >= 0.3 is 5.69 Å². The molecule has 1 aromatic rings. The molecule has 1 saturated heterocycles. The molecule has 0 radical (unpaired) electrons. The van der Waals surface area contributed by atoms with Gasteiger partial charge in [-0.1, -0.05) is 0 Å². The number of ether oxygens (including phenoxy) is 1. The van der Waals surface area contributed by atoms with E-state index >= 15 is 0 Å². The average Bonchev–Trinajstić information content (AvgIpc) is 2.93. The summed E-state index contributed by atoms with van der Waals surface area (Å²) in [6, 6.07) is 1.18. The van der Waals surface area contributed by atoms with Crippen LogP contribution in [0.15, 0.2) is 15.7 Å². The highest BCUT2D eigenvalue weighted by Gasteiger charge is 2.17. The van der Waals surface area contributed by atoms with E-state index in [1.807, 2.05) is 0 Å². The number of hydrogen-bond donors (Lipinski definition) is 1. The molecule has 1 aliphatic rings. The van der Waals surface area contributed by atoms with Crippen LogP contribution in [0.25, 0.3) is 0 Å². The second-order valence-electron chi connectivity index (χ2n) is 5.04. The minimum Gasteiger partial charge on any atom is -0.381 e. The van der Waals surface area contributed by atoms with Crippen molar-refractivity contribution in [1.29, 1.82) is 0 Å². The fourth-order valence-electron chi connectivity index (χ4n) is 2.24. The van der Waals surface area contributed by atoms with Gasteiger partial charge in [0.25, 0.3) is 11.5 Å². The molecule has 110 valence electrons. The maximum Gasteiger partial charge on any atom is 0.331 e. The Hall–Kier alpha value is -1.89. The van der Waals surface area contributed by atoms with E-state index in [1.54, 1.807) is 0 Å². The summed E-state index contributed by atoms with van der Waals surface area (Å²) in [6.07, 6.45) is 1.85. The number of hydrogen-bond acceptors (Lipinski definition) is 4. The predicted molar refractivity (Wildman–Crippen MR) is 72.8 cm³/mol. The van der Waals surface area contributed by atoms with Crippen LogP contribution in [0.3, 0.4) is 0 Å². The van der Waals surface area contributed by atoms with Gasteiger partial charge in [-0.25, -0.2) is 4.79 Å². The van der Waals surface area contributed by atoms with Crippen molar-refractivity contribution >= 4 is 5.91 Å². The van der Waals surface area contributed by atoms with Crippen molar-refractivity contribution in [2.45, 2.75) is 12.8 Å². The molecule has 1 amide bonds. The molecule has 0 spiro atoms. The standard InChI is InChI=1S/C13H19N3O4/c1-15-10(7-11(17)16(2)13(15)19)12(18)14-5-3-9-4-6-20-8-9/h7,9H,3-6,8H2,1-2H3,(H,14,18)/t9-/m1/s1. The molecule has 7 heteroatoms. The summed E-state index contributed by atoms with van der Waals surface area (Å²) in [5, 5.41) is 2.74. The Morgan fingerprint density at radius 1 is 1.40 bits per heavy atom. The van der Waals surface area contributed by atoms with E-state index in [0.29, 0.717) is 12.5 Å². The first-order valence-electron chi connectivity index (χ1n) is 6.63. The first kappa shape index (κ1) is 14.5. The van der Waals surface area contributed by atoms with Gasteiger partial charge in [0, 0.05) is 39.9 Å². The number of carbonyl (C=O) groups is 1. The maximum absolute atomic E-state index is 12.0. The van der Waals surface area contributed by atoms with E-state index in [-0.39, 0.29) is 5.69 Å². The van der Waals surface area contributed by atoms with Crippen molar-refractivity contribution in [2.75, 3.05) is 19.8 Å². The number of amides is 1. The van der Waals surface area contributed by atoms with Gasteiger partial charge in [0.1, 0.15) is 5.69 Å². The fraction of sp³-hybridized carbons (Fsp3) is 0.615. The van der Waals surface area contributed by atoms with E-state index < -0.39 is 17.2 Å². The number of nitrogens with one attached hydrogen (secondary N) is 1. The Kier molecular flexibility index (Phi) is 4.39. The zero-order valence-corrected chi connectivity index (χ0v) is 11.7. The van der Waals surface area contributed by atoms with E-state index in [2.05, 4.69) is 5.32 Å². The van der Waals surface area contributed by atoms with Crippen LogP contribution in [0.1, 0.15) is 23.3 Å². The molecule has 1 aromatic heterocycles. The van der Waals surface area contributed by atoms with E-state index in [4.69, 9.17) is 4.74 Å². The summed E-state index contributed by atoms with van der Waals surface area (Å²) in [4.78, 5) is 35.3. The van der Waals surface area contributed by atoms with Crippen molar-refractivity contribution in [3.63, 3.8) is 0 Å². The van der Waals surface area contributed by atoms with Crippen LogP contribution in [0, 0.1) is 5.92 Å². The maximum atomic E-state index is 12.0. The largest absolute Gasteiger partial charge is 0.381 e. The second kappa shape index (κ2) is 6.04. The van der Waals surface area contributed by atoms with Gasteiger partial charge in [-0.15, -0.1) is 0 Å². The lowest BCUT2D eigenvalue weighted by Gasteiger charge is -2.11. The van der Waals surface area contributed by atoms with Crippen molar-refractivity contribution in [1.82, 2.24) is 14.5 Å². The van der Waals surface area contributed by atoms with Crippen LogP contribution in [0.5, 0.6) is 0 Å².